The fourth-order valence-corrected chi connectivity index (χ4v) is 5.04. The van der Waals surface area contributed by atoms with Crippen molar-refractivity contribution < 1.29 is 9.59 Å². The third kappa shape index (κ3) is 5.34. The van der Waals surface area contributed by atoms with Gasteiger partial charge >= 0.3 is 0 Å². The smallest absolute Gasteiger partial charge is 0.251 e. The summed E-state index contributed by atoms with van der Waals surface area (Å²) in [6.45, 7) is 9.14. The molecule has 5 heteroatoms. The lowest BCUT2D eigenvalue weighted by molar-refractivity contribution is -0.117. The normalized spacial score (nSPS) is 22.0. The maximum atomic E-state index is 12.7. The second-order valence-corrected chi connectivity index (χ2v) is 9.29. The Hall–Kier alpha value is -2.66. The van der Waals surface area contributed by atoms with E-state index in [-0.39, 0.29) is 11.8 Å². The zero-order chi connectivity index (χ0) is 21.8. The van der Waals surface area contributed by atoms with Crippen LogP contribution in [0, 0.1) is 11.8 Å². The number of nitrogens with zero attached hydrogens (tertiary/aromatic N) is 2. The lowest BCUT2D eigenvalue weighted by atomic mass is 9.91. The van der Waals surface area contributed by atoms with Crippen LogP contribution >= 0.6 is 0 Å². The fraction of sp³-hybridized carbons (Fsp3) is 0.462. The third-order valence-electron chi connectivity index (χ3n) is 6.41. The minimum absolute atomic E-state index is 0.0886. The molecule has 164 valence electrons. The number of benzene rings is 2. The summed E-state index contributed by atoms with van der Waals surface area (Å²) in [6, 6.07) is 15.7. The van der Waals surface area contributed by atoms with Crippen molar-refractivity contribution in [2.24, 2.45) is 11.8 Å². The van der Waals surface area contributed by atoms with Crippen LogP contribution in [0.15, 0.2) is 48.5 Å². The first-order valence-electron chi connectivity index (χ1n) is 11.5. The van der Waals surface area contributed by atoms with Crippen LogP contribution in [0.2, 0.25) is 0 Å². The van der Waals surface area contributed by atoms with Gasteiger partial charge in [-0.05, 0) is 60.1 Å². The summed E-state index contributed by atoms with van der Waals surface area (Å²) < 4.78 is 0. The molecule has 0 saturated carbocycles. The number of carbonyl (C=O) groups is 2. The number of carbonyl (C=O) groups excluding carboxylic acids is 2. The van der Waals surface area contributed by atoms with Crippen LogP contribution in [0.3, 0.4) is 0 Å². The number of hydrogen-bond donors (Lipinski definition) is 1. The lowest BCUT2D eigenvalue weighted by Crippen LogP contribution is -2.38. The molecule has 5 nitrogen and oxygen atoms in total. The molecule has 4 rings (SSSR count). The van der Waals surface area contributed by atoms with Gasteiger partial charge in [0.1, 0.15) is 0 Å². The SMILES string of the molecule is CC1CC(C)CN(Cc2ccccc2CNC(=O)c2ccc(N3CCCC3=O)cc2)C1. The van der Waals surface area contributed by atoms with Crippen molar-refractivity contribution in [2.75, 3.05) is 24.5 Å². The Morgan fingerprint density at radius 1 is 1.00 bits per heavy atom. The average Bonchev–Trinajstić information content (AvgIpc) is 3.18. The van der Waals surface area contributed by atoms with E-state index in [1.165, 1.54) is 17.5 Å². The Morgan fingerprint density at radius 3 is 2.32 bits per heavy atom. The topological polar surface area (TPSA) is 52.7 Å². The van der Waals surface area contributed by atoms with E-state index in [4.69, 9.17) is 0 Å². The van der Waals surface area contributed by atoms with E-state index in [2.05, 4.69) is 42.3 Å². The highest BCUT2D eigenvalue weighted by molar-refractivity contribution is 5.97. The number of amides is 2. The molecule has 2 saturated heterocycles. The van der Waals surface area contributed by atoms with Crippen LogP contribution in [0.1, 0.15) is 54.6 Å². The lowest BCUT2D eigenvalue weighted by Gasteiger charge is -2.35. The van der Waals surface area contributed by atoms with Crippen LogP contribution in [0.25, 0.3) is 0 Å². The first-order valence-corrected chi connectivity index (χ1v) is 11.5. The van der Waals surface area contributed by atoms with E-state index in [1.807, 2.05) is 18.2 Å². The molecule has 0 aliphatic carbocycles. The van der Waals surface area contributed by atoms with Crippen molar-refractivity contribution in [1.29, 1.82) is 0 Å². The Morgan fingerprint density at radius 2 is 1.68 bits per heavy atom. The molecule has 0 radical (unpaired) electrons. The predicted molar refractivity (Wildman–Crippen MR) is 124 cm³/mol. The molecule has 2 heterocycles. The Kier molecular flexibility index (Phi) is 6.71. The second kappa shape index (κ2) is 9.65. The first-order chi connectivity index (χ1) is 15.0. The van der Waals surface area contributed by atoms with E-state index < -0.39 is 0 Å². The van der Waals surface area contributed by atoms with Crippen molar-refractivity contribution in [3.05, 3.63) is 65.2 Å². The number of hydrogen-bond acceptors (Lipinski definition) is 3. The van der Waals surface area contributed by atoms with Gasteiger partial charge < -0.3 is 10.2 Å². The molecule has 2 atom stereocenters. The minimum atomic E-state index is -0.0886. The molecule has 1 N–H and O–H groups in total. The van der Waals surface area contributed by atoms with Gasteiger partial charge in [-0.25, -0.2) is 0 Å². The highest BCUT2D eigenvalue weighted by Crippen LogP contribution is 2.24. The Bertz CT molecular complexity index is 915. The summed E-state index contributed by atoms with van der Waals surface area (Å²) in [7, 11) is 0. The fourth-order valence-electron chi connectivity index (χ4n) is 5.04. The third-order valence-corrected chi connectivity index (χ3v) is 6.41. The summed E-state index contributed by atoms with van der Waals surface area (Å²) in [6.07, 6.45) is 2.81. The van der Waals surface area contributed by atoms with Crippen molar-refractivity contribution in [2.45, 2.75) is 46.2 Å². The number of rotatable bonds is 6. The quantitative estimate of drug-likeness (QED) is 0.763. The van der Waals surface area contributed by atoms with Crippen molar-refractivity contribution in [1.82, 2.24) is 10.2 Å². The largest absolute Gasteiger partial charge is 0.348 e. The van der Waals surface area contributed by atoms with Crippen LogP contribution in [0.4, 0.5) is 5.69 Å². The number of likely N-dealkylation sites (tertiary alicyclic amines) is 1. The van der Waals surface area contributed by atoms with E-state index in [9.17, 15) is 9.59 Å². The minimum Gasteiger partial charge on any atom is -0.348 e. The van der Waals surface area contributed by atoms with Crippen molar-refractivity contribution in [3.8, 4) is 0 Å². The second-order valence-electron chi connectivity index (χ2n) is 9.29. The van der Waals surface area contributed by atoms with E-state index in [0.29, 0.717) is 18.5 Å². The number of nitrogens with one attached hydrogen (secondary N) is 1. The van der Waals surface area contributed by atoms with Gasteiger partial charge in [-0.2, -0.15) is 0 Å². The van der Waals surface area contributed by atoms with Gasteiger partial charge in [-0.3, -0.25) is 14.5 Å². The molecule has 2 unspecified atom stereocenters. The molecule has 2 aliphatic heterocycles. The molecule has 0 aromatic heterocycles. The summed E-state index contributed by atoms with van der Waals surface area (Å²) in [4.78, 5) is 28.9. The molecule has 2 fully saturated rings. The zero-order valence-corrected chi connectivity index (χ0v) is 18.6. The highest BCUT2D eigenvalue weighted by Gasteiger charge is 2.23. The summed E-state index contributed by atoms with van der Waals surface area (Å²) in [5, 5.41) is 3.07. The standard InChI is InChI=1S/C26H33N3O2/c1-19-14-20(2)17-28(16-19)18-23-7-4-3-6-22(23)15-27-26(31)21-9-11-24(12-10-21)29-13-5-8-25(29)30/h3-4,6-7,9-12,19-20H,5,8,13-18H2,1-2H3,(H,27,31). The molecule has 0 spiro atoms. The zero-order valence-electron chi connectivity index (χ0n) is 18.6. The van der Waals surface area contributed by atoms with Crippen molar-refractivity contribution >= 4 is 17.5 Å². The summed E-state index contributed by atoms with van der Waals surface area (Å²) in [5.41, 5.74) is 3.94. The van der Waals surface area contributed by atoms with E-state index in [1.54, 1.807) is 17.0 Å². The van der Waals surface area contributed by atoms with Crippen LogP contribution in [-0.4, -0.2) is 36.3 Å². The van der Waals surface area contributed by atoms with E-state index >= 15 is 0 Å². The van der Waals surface area contributed by atoms with Gasteiger partial charge in [0.05, 0.1) is 0 Å². The first kappa shape index (κ1) is 21.6. The summed E-state index contributed by atoms with van der Waals surface area (Å²) in [5.74, 6) is 1.53. The van der Waals surface area contributed by atoms with Gasteiger partial charge in [-0.1, -0.05) is 38.1 Å². The molecule has 2 aromatic rings. The maximum Gasteiger partial charge on any atom is 0.251 e. The van der Waals surface area contributed by atoms with Gasteiger partial charge in [-0.15, -0.1) is 0 Å². The molecule has 2 amide bonds. The van der Waals surface area contributed by atoms with Gasteiger partial charge in [0.2, 0.25) is 5.91 Å². The van der Waals surface area contributed by atoms with E-state index in [0.717, 1.165) is 50.1 Å². The van der Waals surface area contributed by atoms with Crippen LogP contribution in [0.5, 0.6) is 0 Å². The van der Waals surface area contributed by atoms with Gasteiger partial charge in [0.25, 0.3) is 5.91 Å². The molecule has 31 heavy (non-hydrogen) atoms. The Labute approximate surface area is 185 Å². The number of piperidine rings is 1. The monoisotopic (exact) mass is 419 g/mol. The van der Waals surface area contributed by atoms with Gasteiger partial charge in [0, 0.05) is 50.4 Å². The van der Waals surface area contributed by atoms with Crippen molar-refractivity contribution in [3.63, 3.8) is 0 Å². The molecule has 0 bridgehead atoms. The maximum absolute atomic E-state index is 12.7. The molecule has 2 aliphatic rings. The number of anilines is 1. The predicted octanol–water partition coefficient (Wildman–Crippen LogP) is 4.22. The molecule has 2 aromatic carbocycles. The van der Waals surface area contributed by atoms with Crippen LogP contribution < -0.4 is 10.2 Å². The average molecular weight is 420 g/mol. The molecular formula is C26H33N3O2. The van der Waals surface area contributed by atoms with Crippen LogP contribution in [-0.2, 0) is 17.9 Å². The summed E-state index contributed by atoms with van der Waals surface area (Å²) >= 11 is 0. The van der Waals surface area contributed by atoms with Gasteiger partial charge in [0.15, 0.2) is 0 Å². The Balaban J connectivity index is 1.37. The highest BCUT2D eigenvalue weighted by atomic mass is 16.2. The molecular weight excluding hydrogens is 386 g/mol.